The number of rotatable bonds is 6. The Kier molecular flexibility index (Phi) is 4.86. The van der Waals surface area contributed by atoms with Crippen LogP contribution in [0, 0.1) is 5.82 Å². The molecule has 0 bridgehead atoms. The van der Waals surface area contributed by atoms with Gasteiger partial charge in [0, 0.05) is 16.5 Å². The fourth-order valence-electron chi connectivity index (χ4n) is 3.14. The van der Waals surface area contributed by atoms with Crippen LogP contribution in [0.3, 0.4) is 0 Å². The highest BCUT2D eigenvalue weighted by molar-refractivity contribution is 6.08. The molecule has 4 aromatic rings. The van der Waals surface area contributed by atoms with E-state index in [1.54, 1.807) is 38.6 Å². The van der Waals surface area contributed by atoms with Crippen LogP contribution in [-0.2, 0) is 0 Å². The van der Waals surface area contributed by atoms with E-state index in [0.29, 0.717) is 45.0 Å². The highest BCUT2D eigenvalue weighted by atomic mass is 19.1. The smallest absolute Gasteiger partial charge is 0.203 e. The third-order valence-corrected chi connectivity index (χ3v) is 4.45. The van der Waals surface area contributed by atoms with E-state index in [4.69, 9.17) is 14.2 Å². The van der Waals surface area contributed by atoms with E-state index in [9.17, 15) is 4.39 Å². The van der Waals surface area contributed by atoms with Gasteiger partial charge in [-0.05, 0) is 30.3 Å². The number of ether oxygens (including phenoxy) is 3. The molecule has 0 aliphatic rings. The molecule has 4 rings (SSSR count). The van der Waals surface area contributed by atoms with Gasteiger partial charge >= 0.3 is 0 Å². The van der Waals surface area contributed by atoms with E-state index in [0.717, 1.165) is 5.52 Å². The maximum atomic E-state index is 13.6. The first-order valence-corrected chi connectivity index (χ1v) is 8.66. The molecule has 0 unspecified atom stereocenters. The van der Waals surface area contributed by atoms with Crippen LogP contribution in [0.2, 0.25) is 0 Å². The summed E-state index contributed by atoms with van der Waals surface area (Å²) in [5.74, 6) is 1.65. The van der Waals surface area contributed by atoms with Crippen LogP contribution in [-0.4, -0.2) is 42.5 Å². The van der Waals surface area contributed by atoms with Gasteiger partial charge in [0.2, 0.25) is 5.75 Å². The first-order chi connectivity index (χ1) is 14.2. The molecule has 0 atom stereocenters. The predicted molar refractivity (Wildman–Crippen MR) is 109 cm³/mol. The van der Waals surface area contributed by atoms with E-state index in [2.05, 4.69) is 25.5 Å². The Labute approximate surface area is 165 Å². The lowest BCUT2D eigenvalue weighted by atomic mass is 10.2. The Hall–Kier alpha value is -3.88. The zero-order valence-corrected chi connectivity index (χ0v) is 16.0. The fourth-order valence-corrected chi connectivity index (χ4v) is 3.14. The second-order valence-corrected chi connectivity index (χ2v) is 6.05. The Morgan fingerprint density at radius 3 is 2.62 bits per heavy atom. The molecule has 8 nitrogen and oxygen atoms in total. The average Bonchev–Trinajstić information content (AvgIpc) is 3.11. The number of methoxy groups -OCH3 is 3. The lowest BCUT2D eigenvalue weighted by molar-refractivity contribution is 0.324. The van der Waals surface area contributed by atoms with Crippen molar-refractivity contribution in [2.24, 2.45) is 5.10 Å². The van der Waals surface area contributed by atoms with Gasteiger partial charge in [0.25, 0.3) is 0 Å². The Morgan fingerprint density at radius 2 is 1.86 bits per heavy atom. The van der Waals surface area contributed by atoms with Crippen molar-refractivity contribution < 1.29 is 18.6 Å². The van der Waals surface area contributed by atoms with Gasteiger partial charge in [-0.25, -0.2) is 14.4 Å². The van der Waals surface area contributed by atoms with Gasteiger partial charge in [0.05, 0.1) is 27.5 Å². The number of hydrogen-bond donors (Lipinski definition) is 2. The molecule has 9 heteroatoms. The van der Waals surface area contributed by atoms with E-state index in [1.807, 2.05) is 0 Å². The summed E-state index contributed by atoms with van der Waals surface area (Å²) >= 11 is 0. The molecule has 148 valence electrons. The zero-order chi connectivity index (χ0) is 20.4. The predicted octanol–water partition coefficient (Wildman–Crippen LogP) is 3.72. The highest BCUT2D eigenvalue weighted by Crippen LogP contribution is 2.39. The zero-order valence-electron chi connectivity index (χ0n) is 16.0. The maximum absolute atomic E-state index is 13.6. The molecular weight excluding hydrogens is 377 g/mol. The SMILES string of the molecule is COc1ccc(C=NNc2ncnc3c2[nH]c2ccc(F)cc23)c(OC)c1OC. The van der Waals surface area contributed by atoms with E-state index in [-0.39, 0.29) is 5.82 Å². The Balaban J connectivity index is 1.68. The van der Waals surface area contributed by atoms with Crippen LogP contribution < -0.4 is 19.6 Å². The molecule has 0 aliphatic heterocycles. The number of aromatic nitrogens is 3. The molecule has 0 aliphatic carbocycles. The summed E-state index contributed by atoms with van der Waals surface area (Å²) in [6.45, 7) is 0. The number of hydrogen-bond acceptors (Lipinski definition) is 7. The van der Waals surface area contributed by atoms with Crippen LogP contribution in [0.4, 0.5) is 10.2 Å². The molecule has 29 heavy (non-hydrogen) atoms. The van der Waals surface area contributed by atoms with E-state index < -0.39 is 0 Å². The number of fused-ring (bicyclic) bond motifs is 3. The van der Waals surface area contributed by atoms with Crippen molar-refractivity contribution in [3.8, 4) is 17.2 Å². The summed E-state index contributed by atoms with van der Waals surface area (Å²) in [4.78, 5) is 11.7. The monoisotopic (exact) mass is 395 g/mol. The van der Waals surface area contributed by atoms with Gasteiger partial charge < -0.3 is 19.2 Å². The third-order valence-electron chi connectivity index (χ3n) is 4.45. The largest absolute Gasteiger partial charge is 0.493 e. The summed E-state index contributed by atoms with van der Waals surface area (Å²) in [7, 11) is 4.63. The molecule has 0 radical (unpaired) electrons. The van der Waals surface area contributed by atoms with Crippen molar-refractivity contribution in [3.05, 3.63) is 48.0 Å². The molecule has 0 fully saturated rings. The van der Waals surface area contributed by atoms with Gasteiger partial charge in [-0.2, -0.15) is 5.10 Å². The average molecular weight is 395 g/mol. The summed E-state index contributed by atoms with van der Waals surface area (Å²) in [6.07, 6.45) is 2.98. The minimum Gasteiger partial charge on any atom is -0.493 e. The number of anilines is 1. The van der Waals surface area contributed by atoms with Gasteiger partial charge in [0.1, 0.15) is 23.2 Å². The van der Waals surface area contributed by atoms with E-state index in [1.165, 1.54) is 25.6 Å². The molecule has 0 amide bonds. The third kappa shape index (κ3) is 3.27. The summed E-state index contributed by atoms with van der Waals surface area (Å²) in [5.41, 5.74) is 5.57. The lowest BCUT2D eigenvalue weighted by Crippen LogP contribution is -2.00. The van der Waals surface area contributed by atoms with Crippen LogP contribution in [0.1, 0.15) is 5.56 Å². The first kappa shape index (κ1) is 18.5. The summed E-state index contributed by atoms with van der Waals surface area (Å²) < 4.78 is 29.7. The topological polar surface area (TPSA) is 93.7 Å². The molecule has 2 heterocycles. The normalized spacial score (nSPS) is 11.3. The van der Waals surface area contributed by atoms with Crippen LogP contribution in [0.5, 0.6) is 17.2 Å². The standard InChI is InChI=1S/C20H18FN5O3/c1-27-15-7-4-11(18(28-2)19(15)29-3)9-24-26-20-17-16(22-10-23-20)13-8-12(21)5-6-14(13)25-17/h4-10,25H,1-3H3,(H,22,23,26). The van der Waals surface area contributed by atoms with Crippen molar-refractivity contribution in [2.75, 3.05) is 26.8 Å². The molecule has 0 spiro atoms. The van der Waals surface area contributed by atoms with Gasteiger partial charge in [-0.3, -0.25) is 5.43 Å². The number of halogens is 1. The number of nitrogens with one attached hydrogen (secondary N) is 2. The molecular formula is C20H18FN5O3. The number of H-pyrrole nitrogens is 1. The Bertz CT molecular complexity index is 1220. The van der Waals surface area contributed by atoms with Crippen molar-refractivity contribution >= 4 is 34.0 Å². The molecule has 2 aromatic carbocycles. The minimum absolute atomic E-state index is 0.329. The highest BCUT2D eigenvalue weighted by Gasteiger charge is 2.15. The summed E-state index contributed by atoms with van der Waals surface area (Å²) in [6, 6.07) is 8.04. The minimum atomic E-state index is -0.329. The molecule has 2 N–H and O–H groups in total. The van der Waals surface area contributed by atoms with Gasteiger partial charge in [-0.15, -0.1) is 0 Å². The number of aromatic amines is 1. The first-order valence-electron chi connectivity index (χ1n) is 8.66. The second-order valence-electron chi connectivity index (χ2n) is 6.05. The fraction of sp³-hybridized carbons (Fsp3) is 0.150. The number of hydrazone groups is 1. The van der Waals surface area contributed by atoms with E-state index >= 15 is 0 Å². The second kappa shape index (κ2) is 7.63. The van der Waals surface area contributed by atoms with Crippen LogP contribution in [0.15, 0.2) is 41.8 Å². The van der Waals surface area contributed by atoms with Crippen molar-refractivity contribution in [1.29, 1.82) is 0 Å². The lowest BCUT2D eigenvalue weighted by Gasteiger charge is -2.13. The Morgan fingerprint density at radius 1 is 1.03 bits per heavy atom. The summed E-state index contributed by atoms with van der Waals surface area (Å²) in [5, 5.41) is 4.93. The maximum Gasteiger partial charge on any atom is 0.203 e. The molecule has 2 aromatic heterocycles. The number of benzene rings is 2. The molecule has 0 saturated carbocycles. The quantitative estimate of drug-likeness (QED) is 0.382. The van der Waals surface area contributed by atoms with Crippen LogP contribution >= 0.6 is 0 Å². The van der Waals surface area contributed by atoms with Gasteiger partial charge in [-0.1, -0.05) is 0 Å². The van der Waals surface area contributed by atoms with Crippen molar-refractivity contribution in [1.82, 2.24) is 15.0 Å². The van der Waals surface area contributed by atoms with Crippen LogP contribution in [0.25, 0.3) is 21.9 Å². The number of nitrogens with zero attached hydrogens (tertiary/aromatic N) is 3. The van der Waals surface area contributed by atoms with Crippen molar-refractivity contribution in [3.63, 3.8) is 0 Å². The van der Waals surface area contributed by atoms with Crippen molar-refractivity contribution in [2.45, 2.75) is 0 Å². The van der Waals surface area contributed by atoms with Gasteiger partial charge in [0.15, 0.2) is 17.3 Å². The molecule has 0 saturated heterocycles.